The van der Waals surface area contributed by atoms with E-state index < -0.39 is 11.9 Å². The highest BCUT2D eigenvalue weighted by atomic mass is 16.2. The zero-order valence-corrected chi connectivity index (χ0v) is 15.6. The van der Waals surface area contributed by atoms with Crippen LogP contribution >= 0.6 is 0 Å². The molecule has 142 valence electrons. The Morgan fingerprint density at radius 1 is 1.19 bits per heavy atom. The second-order valence-corrected chi connectivity index (χ2v) is 7.13. The summed E-state index contributed by atoms with van der Waals surface area (Å²) in [6.07, 6.45) is 3.55. The Kier molecular flexibility index (Phi) is 7.78. The van der Waals surface area contributed by atoms with E-state index in [2.05, 4.69) is 16.0 Å². The maximum absolute atomic E-state index is 12.4. The van der Waals surface area contributed by atoms with E-state index in [4.69, 9.17) is 0 Å². The molecule has 3 N–H and O–H groups in total. The summed E-state index contributed by atoms with van der Waals surface area (Å²) < 4.78 is 0. The van der Waals surface area contributed by atoms with Crippen LogP contribution in [0.2, 0.25) is 0 Å². The SMILES string of the molecule is CC(C)[C@H](NC(=O)CCCc1ccccc1)C(=O)NC(=O)[C@@H]1CCCN1. The molecule has 1 fully saturated rings. The first-order valence-corrected chi connectivity index (χ1v) is 9.38. The van der Waals surface area contributed by atoms with Gasteiger partial charge in [0.15, 0.2) is 0 Å². The molecule has 2 atom stereocenters. The third-order valence-electron chi connectivity index (χ3n) is 4.60. The van der Waals surface area contributed by atoms with Gasteiger partial charge in [-0.1, -0.05) is 44.2 Å². The Hall–Kier alpha value is -2.21. The molecular weight excluding hydrogens is 330 g/mol. The third-order valence-corrected chi connectivity index (χ3v) is 4.60. The number of hydrogen-bond acceptors (Lipinski definition) is 4. The lowest BCUT2D eigenvalue weighted by Crippen LogP contribution is -2.53. The Balaban J connectivity index is 1.79. The number of carbonyl (C=O) groups is 3. The zero-order chi connectivity index (χ0) is 18.9. The fourth-order valence-corrected chi connectivity index (χ4v) is 3.07. The molecule has 6 nitrogen and oxygen atoms in total. The lowest BCUT2D eigenvalue weighted by molar-refractivity contribution is -0.135. The molecule has 0 bridgehead atoms. The molecular formula is C20H29N3O3. The molecule has 1 heterocycles. The summed E-state index contributed by atoms with van der Waals surface area (Å²) in [4.78, 5) is 36.7. The van der Waals surface area contributed by atoms with Gasteiger partial charge in [0.2, 0.25) is 17.7 Å². The van der Waals surface area contributed by atoms with E-state index in [1.54, 1.807) is 0 Å². The Bertz CT molecular complexity index is 610. The first kappa shape index (κ1) is 20.1. The molecule has 1 aliphatic heterocycles. The highest BCUT2D eigenvalue weighted by molar-refractivity contribution is 6.01. The second-order valence-electron chi connectivity index (χ2n) is 7.13. The number of aryl methyl sites for hydroxylation is 1. The van der Waals surface area contributed by atoms with Gasteiger partial charge in [-0.15, -0.1) is 0 Å². The fourth-order valence-electron chi connectivity index (χ4n) is 3.07. The van der Waals surface area contributed by atoms with Crippen molar-refractivity contribution in [3.05, 3.63) is 35.9 Å². The maximum Gasteiger partial charge on any atom is 0.249 e. The molecule has 6 heteroatoms. The minimum atomic E-state index is -0.704. The van der Waals surface area contributed by atoms with Gasteiger partial charge in [-0.05, 0) is 43.7 Å². The van der Waals surface area contributed by atoms with Gasteiger partial charge in [0.1, 0.15) is 6.04 Å². The Labute approximate surface area is 155 Å². The first-order chi connectivity index (χ1) is 12.5. The van der Waals surface area contributed by atoms with Crippen LogP contribution in [0.5, 0.6) is 0 Å². The summed E-state index contributed by atoms with van der Waals surface area (Å²) in [7, 11) is 0. The largest absolute Gasteiger partial charge is 0.344 e. The van der Waals surface area contributed by atoms with Crippen LogP contribution in [0.25, 0.3) is 0 Å². The van der Waals surface area contributed by atoms with Crippen LogP contribution in [0.15, 0.2) is 30.3 Å². The fraction of sp³-hybridized carbons (Fsp3) is 0.550. The Morgan fingerprint density at radius 2 is 1.92 bits per heavy atom. The number of carbonyl (C=O) groups excluding carboxylic acids is 3. The Morgan fingerprint density at radius 3 is 2.54 bits per heavy atom. The molecule has 0 unspecified atom stereocenters. The predicted molar refractivity (Wildman–Crippen MR) is 100 cm³/mol. The smallest absolute Gasteiger partial charge is 0.249 e. The average molecular weight is 359 g/mol. The van der Waals surface area contributed by atoms with Gasteiger partial charge in [-0.25, -0.2) is 0 Å². The molecule has 26 heavy (non-hydrogen) atoms. The number of nitrogens with one attached hydrogen (secondary N) is 3. The first-order valence-electron chi connectivity index (χ1n) is 9.38. The predicted octanol–water partition coefficient (Wildman–Crippen LogP) is 1.54. The third kappa shape index (κ3) is 6.26. The van der Waals surface area contributed by atoms with Crippen LogP contribution in [0.1, 0.15) is 45.1 Å². The van der Waals surface area contributed by atoms with Gasteiger partial charge in [0.25, 0.3) is 0 Å². The molecule has 1 aromatic rings. The van der Waals surface area contributed by atoms with Gasteiger partial charge < -0.3 is 10.6 Å². The van der Waals surface area contributed by atoms with Crippen molar-refractivity contribution in [3.8, 4) is 0 Å². The number of benzene rings is 1. The monoisotopic (exact) mass is 359 g/mol. The van der Waals surface area contributed by atoms with Crippen molar-refractivity contribution in [2.45, 2.75) is 58.0 Å². The number of imide groups is 1. The van der Waals surface area contributed by atoms with Crippen molar-refractivity contribution in [3.63, 3.8) is 0 Å². The van der Waals surface area contributed by atoms with Crippen LogP contribution in [0.4, 0.5) is 0 Å². The molecule has 3 amide bonds. The zero-order valence-electron chi connectivity index (χ0n) is 15.6. The van der Waals surface area contributed by atoms with E-state index in [1.807, 2.05) is 44.2 Å². The lowest BCUT2D eigenvalue weighted by atomic mass is 10.0. The average Bonchev–Trinajstić information content (AvgIpc) is 3.15. The lowest BCUT2D eigenvalue weighted by Gasteiger charge is -2.22. The van der Waals surface area contributed by atoms with Crippen LogP contribution in [-0.4, -0.2) is 36.3 Å². The van der Waals surface area contributed by atoms with E-state index in [-0.39, 0.29) is 23.8 Å². The number of rotatable bonds is 8. The molecule has 1 aromatic carbocycles. The van der Waals surface area contributed by atoms with Crippen molar-refractivity contribution in [2.75, 3.05) is 6.54 Å². The van der Waals surface area contributed by atoms with E-state index >= 15 is 0 Å². The minimum Gasteiger partial charge on any atom is -0.344 e. The van der Waals surface area contributed by atoms with Crippen LogP contribution < -0.4 is 16.0 Å². The maximum atomic E-state index is 12.4. The standard InChI is InChI=1S/C20H29N3O3/c1-14(2)18(20(26)23-19(25)16-11-7-13-21-16)22-17(24)12-6-10-15-8-4-3-5-9-15/h3-5,8-9,14,16,18,21H,6-7,10-13H2,1-2H3,(H,22,24)(H,23,25,26)/t16-,18-/m0/s1. The molecule has 0 aromatic heterocycles. The van der Waals surface area contributed by atoms with Crippen molar-refractivity contribution < 1.29 is 14.4 Å². The van der Waals surface area contributed by atoms with Crippen LogP contribution in [0.3, 0.4) is 0 Å². The van der Waals surface area contributed by atoms with Crippen molar-refractivity contribution in [1.82, 2.24) is 16.0 Å². The minimum absolute atomic E-state index is 0.0996. The van der Waals surface area contributed by atoms with Crippen LogP contribution in [-0.2, 0) is 20.8 Å². The van der Waals surface area contributed by atoms with Gasteiger partial charge in [0.05, 0.1) is 6.04 Å². The van der Waals surface area contributed by atoms with Gasteiger partial charge in [-0.3, -0.25) is 19.7 Å². The highest BCUT2D eigenvalue weighted by Crippen LogP contribution is 2.08. The summed E-state index contributed by atoms with van der Waals surface area (Å²) in [6, 6.07) is 8.97. The van der Waals surface area contributed by atoms with Gasteiger partial charge in [0, 0.05) is 6.42 Å². The summed E-state index contributed by atoms with van der Waals surface area (Å²) >= 11 is 0. The van der Waals surface area contributed by atoms with Gasteiger partial charge in [-0.2, -0.15) is 0 Å². The molecule has 0 radical (unpaired) electrons. The van der Waals surface area contributed by atoms with Crippen LogP contribution in [0, 0.1) is 5.92 Å². The van der Waals surface area contributed by atoms with E-state index in [0.29, 0.717) is 12.8 Å². The van der Waals surface area contributed by atoms with Crippen molar-refractivity contribution in [2.24, 2.45) is 5.92 Å². The highest BCUT2D eigenvalue weighted by Gasteiger charge is 2.29. The molecule has 0 aliphatic carbocycles. The quantitative estimate of drug-likeness (QED) is 0.657. The summed E-state index contributed by atoms with van der Waals surface area (Å²) in [5, 5.41) is 8.27. The van der Waals surface area contributed by atoms with Crippen molar-refractivity contribution in [1.29, 1.82) is 0 Å². The van der Waals surface area contributed by atoms with Crippen molar-refractivity contribution >= 4 is 17.7 Å². The summed E-state index contributed by atoms with van der Waals surface area (Å²) in [5.41, 5.74) is 1.19. The summed E-state index contributed by atoms with van der Waals surface area (Å²) in [6.45, 7) is 4.50. The molecule has 1 saturated heterocycles. The van der Waals surface area contributed by atoms with Gasteiger partial charge >= 0.3 is 0 Å². The molecule has 0 saturated carbocycles. The normalized spacial score (nSPS) is 17.7. The van der Waals surface area contributed by atoms with E-state index in [1.165, 1.54) is 5.56 Å². The number of hydrogen-bond donors (Lipinski definition) is 3. The molecule has 1 aliphatic rings. The topological polar surface area (TPSA) is 87.3 Å². The summed E-state index contributed by atoms with van der Waals surface area (Å²) in [5.74, 6) is -1.01. The second kappa shape index (κ2) is 10.1. The molecule has 0 spiro atoms. The number of amides is 3. The molecule has 2 rings (SSSR count). The van der Waals surface area contributed by atoms with E-state index in [0.717, 1.165) is 25.8 Å². The van der Waals surface area contributed by atoms with E-state index in [9.17, 15) is 14.4 Å².